The van der Waals surface area contributed by atoms with Crippen LogP contribution in [-0.4, -0.2) is 16.6 Å². The van der Waals surface area contributed by atoms with Gasteiger partial charge in [0.25, 0.3) is 0 Å². The molecule has 16 heavy (non-hydrogen) atoms. The van der Waals surface area contributed by atoms with E-state index in [1.807, 2.05) is 0 Å². The fourth-order valence-corrected chi connectivity index (χ4v) is 1.72. The van der Waals surface area contributed by atoms with Crippen molar-refractivity contribution in [3.8, 4) is 0 Å². The number of H-pyrrole nitrogens is 1. The monoisotopic (exact) mass is 219 g/mol. The van der Waals surface area contributed by atoms with Crippen LogP contribution in [0.4, 0.5) is 4.39 Å². The van der Waals surface area contributed by atoms with Crippen molar-refractivity contribution in [3.63, 3.8) is 0 Å². The van der Waals surface area contributed by atoms with Crippen LogP contribution in [0.5, 0.6) is 0 Å². The van der Waals surface area contributed by atoms with E-state index in [9.17, 15) is 14.0 Å². The van der Waals surface area contributed by atoms with Crippen molar-refractivity contribution in [1.82, 2.24) is 4.98 Å². The van der Waals surface area contributed by atoms with Gasteiger partial charge >= 0.3 is 0 Å². The maximum absolute atomic E-state index is 13.5. The molecule has 0 saturated carbocycles. The number of aromatic nitrogens is 1. The maximum Gasteiger partial charge on any atom is 0.175 e. The lowest BCUT2D eigenvalue weighted by Gasteiger charge is -1.99. The Hall–Kier alpha value is -1.97. The number of fused-ring (bicyclic) bond motifs is 1. The molecule has 1 aromatic heterocycles. The zero-order chi connectivity index (χ0) is 11.9. The Morgan fingerprint density at radius 3 is 2.44 bits per heavy atom. The van der Waals surface area contributed by atoms with Crippen LogP contribution >= 0.6 is 0 Å². The number of hydrogen-bond acceptors (Lipinski definition) is 2. The van der Waals surface area contributed by atoms with E-state index in [0.717, 1.165) is 0 Å². The summed E-state index contributed by atoms with van der Waals surface area (Å²) in [5.41, 5.74) is 1.00. The summed E-state index contributed by atoms with van der Waals surface area (Å²) in [6, 6.07) is 4.25. The molecule has 3 nitrogen and oxygen atoms in total. The first-order chi connectivity index (χ1) is 7.50. The summed E-state index contributed by atoms with van der Waals surface area (Å²) in [5, 5.41) is 0.456. The average Bonchev–Trinajstić information content (AvgIpc) is 2.60. The van der Waals surface area contributed by atoms with Crippen LogP contribution in [0.25, 0.3) is 10.9 Å². The van der Waals surface area contributed by atoms with E-state index in [2.05, 4.69) is 4.98 Å². The summed E-state index contributed by atoms with van der Waals surface area (Å²) in [4.78, 5) is 25.3. The maximum atomic E-state index is 13.5. The van der Waals surface area contributed by atoms with Gasteiger partial charge in [-0.1, -0.05) is 0 Å². The molecule has 0 aliphatic heterocycles. The molecule has 0 aliphatic carbocycles. The van der Waals surface area contributed by atoms with Crippen molar-refractivity contribution in [1.29, 1.82) is 0 Å². The number of carbonyl (C=O) groups is 2. The molecule has 0 radical (unpaired) electrons. The lowest BCUT2D eigenvalue weighted by atomic mass is 10.1. The number of halogens is 1. The second-order valence-electron chi connectivity index (χ2n) is 3.68. The summed E-state index contributed by atoms with van der Waals surface area (Å²) < 4.78 is 13.5. The smallest absolute Gasteiger partial charge is 0.175 e. The first-order valence-electron chi connectivity index (χ1n) is 4.84. The quantitative estimate of drug-likeness (QED) is 0.789. The van der Waals surface area contributed by atoms with Crippen LogP contribution in [0.3, 0.4) is 0 Å². The van der Waals surface area contributed by atoms with Crippen molar-refractivity contribution in [2.24, 2.45) is 0 Å². The first kappa shape index (κ1) is 10.5. The van der Waals surface area contributed by atoms with Gasteiger partial charge in [0.1, 0.15) is 5.82 Å². The summed E-state index contributed by atoms with van der Waals surface area (Å²) >= 11 is 0. The third-order valence-corrected chi connectivity index (χ3v) is 2.48. The summed E-state index contributed by atoms with van der Waals surface area (Å²) in [6.07, 6.45) is 0. The van der Waals surface area contributed by atoms with Crippen LogP contribution in [-0.2, 0) is 0 Å². The first-order valence-corrected chi connectivity index (χ1v) is 4.84. The molecular weight excluding hydrogens is 209 g/mol. The SMILES string of the molecule is CC(=O)c1cc2c(C(C)=O)c(F)ccc2[nH]1. The number of aromatic amines is 1. The Bertz CT molecular complexity index is 598. The molecule has 1 N–H and O–H groups in total. The number of benzene rings is 1. The lowest BCUT2D eigenvalue weighted by molar-refractivity contribution is 0.100. The minimum atomic E-state index is -0.561. The fraction of sp³-hybridized carbons (Fsp3) is 0.167. The molecule has 0 aliphatic rings. The lowest BCUT2D eigenvalue weighted by Crippen LogP contribution is -1.97. The second-order valence-corrected chi connectivity index (χ2v) is 3.68. The largest absolute Gasteiger partial charge is 0.352 e. The fourth-order valence-electron chi connectivity index (χ4n) is 1.72. The number of hydrogen-bond donors (Lipinski definition) is 1. The minimum Gasteiger partial charge on any atom is -0.352 e. The van der Waals surface area contributed by atoms with E-state index in [4.69, 9.17) is 0 Å². The van der Waals surface area contributed by atoms with Gasteiger partial charge in [-0.15, -0.1) is 0 Å². The van der Waals surface area contributed by atoms with Crippen LogP contribution in [0.15, 0.2) is 18.2 Å². The predicted molar refractivity (Wildman–Crippen MR) is 58.3 cm³/mol. The van der Waals surface area contributed by atoms with E-state index in [1.165, 1.54) is 32.0 Å². The van der Waals surface area contributed by atoms with Crippen LogP contribution in [0.2, 0.25) is 0 Å². The molecule has 0 amide bonds. The highest BCUT2D eigenvalue weighted by Gasteiger charge is 2.15. The van der Waals surface area contributed by atoms with Crippen LogP contribution in [0, 0.1) is 5.82 Å². The normalized spacial score (nSPS) is 10.7. The van der Waals surface area contributed by atoms with Gasteiger partial charge in [0.05, 0.1) is 11.3 Å². The standard InChI is InChI=1S/C12H10FNO2/c1-6(15)11-5-8-10(14-11)4-3-9(13)12(8)7(2)16/h3-5,14H,1-2H3. The molecule has 1 aromatic carbocycles. The van der Waals surface area contributed by atoms with E-state index in [-0.39, 0.29) is 17.1 Å². The highest BCUT2D eigenvalue weighted by atomic mass is 19.1. The summed E-state index contributed by atoms with van der Waals surface area (Å²) in [5.74, 6) is -1.06. The van der Waals surface area contributed by atoms with Crippen molar-refractivity contribution >= 4 is 22.5 Å². The van der Waals surface area contributed by atoms with Gasteiger partial charge in [-0.05, 0) is 25.1 Å². The van der Waals surface area contributed by atoms with Gasteiger partial charge in [0.2, 0.25) is 0 Å². The number of carbonyl (C=O) groups excluding carboxylic acids is 2. The Morgan fingerprint density at radius 1 is 1.19 bits per heavy atom. The molecule has 1 heterocycles. The van der Waals surface area contributed by atoms with Gasteiger partial charge in [-0.25, -0.2) is 4.39 Å². The molecule has 0 unspecified atom stereocenters. The Balaban J connectivity index is 2.82. The highest BCUT2D eigenvalue weighted by Crippen LogP contribution is 2.23. The predicted octanol–water partition coefficient (Wildman–Crippen LogP) is 2.71. The minimum absolute atomic E-state index is 0.0289. The molecule has 2 aromatic rings. The second kappa shape index (κ2) is 3.56. The van der Waals surface area contributed by atoms with Gasteiger partial charge in [0, 0.05) is 17.8 Å². The van der Waals surface area contributed by atoms with Crippen LogP contribution < -0.4 is 0 Å². The number of nitrogens with one attached hydrogen (secondary N) is 1. The van der Waals surface area contributed by atoms with E-state index >= 15 is 0 Å². The van der Waals surface area contributed by atoms with Crippen molar-refractivity contribution in [2.75, 3.05) is 0 Å². The molecule has 0 bridgehead atoms. The Kier molecular flexibility index (Phi) is 2.34. The third-order valence-electron chi connectivity index (χ3n) is 2.48. The Morgan fingerprint density at radius 2 is 1.88 bits per heavy atom. The zero-order valence-corrected chi connectivity index (χ0v) is 8.93. The van der Waals surface area contributed by atoms with Gasteiger partial charge in [-0.3, -0.25) is 9.59 Å². The van der Waals surface area contributed by atoms with Gasteiger partial charge in [-0.2, -0.15) is 0 Å². The van der Waals surface area contributed by atoms with E-state index in [1.54, 1.807) is 0 Å². The number of ketones is 2. The molecule has 0 saturated heterocycles. The number of Topliss-reactive ketones (excluding diaryl/α,β-unsaturated/α-hetero) is 2. The summed E-state index contributed by atoms with van der Waals surface area (Å²) in [7, 11) is 0. The zero-order valence-electron chi connectivity index (χ0n) is 8.93. The molecule has 0 spiro atoms. The van der Waals surface area contributed by atoms with Crippen molar-refractivity contribution in [3.05, 3.63) is 35.3 Å². The molecular formula is C12H10FNO2. The third kappa shape index (κ3) is 1.52. The van der Waals surface area contributed by atoms with Gasteiger partial charge < -0.3 is 4.98 Å². The highest BCUT2D eigenvalue weighted by molar-refractivity contribution is 6.09. The van der Waals surface area contributed by atoms with Crippen LogP contribution in [0.1, 0.15) is 34.7 Å². The molecule has 82 valence electrons. The molecule has 2 rings (SSSR count). The number of rotatable bonds is 2. The van der Waals surface area contributed by atoms with Crippen molar-refractivity contribution in [2.45, 2.75) is 13.8 Å². The average molecular weight is 219 g/mol. The van der Waals surface area contributed by atoms with Gasteiger partial charge in [0.15, 0.2) is 11.6 Å². The topological polar surface area (TPSA) is 49.9 Å². The van der Waals surface area contributed by atoms with Crippen molar-refractivity contribution < 1.29 is 14.0 Å². The van der Waals surface area contributed by atoms with E-state index < -0.39 is 5.82 Å². The molecule has 0 atom stereocenters. The summed E-state index contributed by atoms with van der Waals surface area (Å²) in [6.45, 7) is 2.72. The van der Waals surface area contributed by atoms with E-state index in [0.29, 0.717) is 16.6 Å². The molecule has 4 heteroatoms. The molecule has 0 fully saturated rings. The Labute approximate surface area is 91.3 Å².